The van der Waals surface area contributed by atoms with Crippen LogP contribution in [0.5, 0.6) is 11.5 Å². The van der Waals surface area contributed by atoms with E-state index in [1.807, 2.05) is 36.4 Å². The van der Waals surface area contributed by atoms with Gasteiger partial charge in [-0.3, -0.25) is 10.1 Å². The molecule has 0 saturated carbocycles. The second-order valence-electron chi connectivity index (χ2n) is 10.8. The third-order valence-electron chi connectivity index (χ3n) is 7.59. The molecule has 246 valence electrons. The molecule has 0 aliphatic carbocycles. The highest BCUT2D eigenvalue weighted by atomic mass is 35.5. The Balaban J connectivity index is 1.28. The van der Waals surface area contributed by atoms with E-state index in [9.17, 15) is 33.2 Å². The lowest BCUT2D eigenvalue weighted by Gasteiger charge is -2.14. The van der Waals surface area contributed by atoms with Gasteiger partial charge in [-0.1, -0.05) is 59.6 Å². The number of alkyl halides is 3. The summed E-state index contributed by atoms with van der Waals surface area (Å²) in [7, 11) is 0. The zero-order valence-corrected chi connectivity index (χ0v) is 26.5. The maximum absolute atomic E-state index is 13.6. The van der Waals surface area contributed by atoms with Crippen molar-refractivity contribution in [2.45, 2.75) is 12.6 Å². The van der Waals surface area contributed by atoms with Gasteiger partial charge in [-0.05, 0) is 77.4 Å². The molecule has 1 heterocycles. The van der Waals surface area contributed by atoms with Crippen LogP contribution < -0.4 is 4.74 Å². The lowest BCUT2D eigenvalue weighted by molar-refractivity contribution is -0.384. The minimum absolute atomic E-state index is 0.0339. The lowest BCUT2D eigenvalue weighted by atomic mass is 10.0. The highest BCUT2D eigenvalue weighted by Crippen LogP contribution is 2.35. The lowest BCUT2D eigenvalue weighted by Crippen LogP contribution is -2.14. The summed E-state index contributed by atoms with van der Waals surface area (Å²) in [5.41, 5.74) is 1.58. The van der Waals surface area contributed by atoms with Crippen LogP contribution in [0.15, 0.2) is 115 Å². The number of benzene rings is 5. The second-order valence-corrected chi connectivity index (χ2v) is 11.7. The van der Waals surface area contributed by atoms with Gasteiger partial charge < -0.3 is 14.4 Å². The molecule has 0 bridgehead atoms. The number of nitro benzene ring substituents is 1. The molecule has 1 N–H and O–H groups in total. The van der Waals surface area contributed by atoms with Crippen molar-refractivity contribution in [1.29, 1.82) is 0 Å². The van der Waals surface area contributed by atoms with Gasteiger partial charge >= 0.3 is 12.1 Å². The van der Waals surface area contributed by atoms with Gasteiger partial charge in [0.1, 0.15) is 17.3 Å². The molecule has 13 heteroatoms. The van der Waals surface area contributed by atoms with Crippen molar-refractivity contribution >= 4 is 34.9 Å². The average Bonchev–Trinajstić information content (AvgIpc) is 3.48. The Morgan fingerprint density at radius 2 is 1.47 bits per heavy atom. The van der Waals surface area contributed by atoms with Gasteiger partial charge in [0.15, 0.2) is 0 Å². The van der Waals surface area contributed by atoms with Crippen LogP contribution in [-0.4, -0.2) is 25.6 Å². The number of halogens is 5. The number of carboxylic acids is 1. The fourth-order valence-electron chi connectivity index (χ4n) is 5.19. The standard InChI is InChI=1S/C36H22Cl2F3N3O5/c37-24-7-15-29(32(38)18-24)33-20-43(26-10-16-31(36(39,40)41)30(19-26)35(45)46)34(42-33)17-21-1-3-22(4-2-21)23-5-11-27(12-6-23)49-28-13-8-25(9-14-28)44(47)48/h1-16,18-20H,17H2,(H,45,46). The number of non-ortho nitro benzene ring substituents is 1. The number of aromatic carboxylic acids is 1. The Morgan fingerprint density at radius 3 is 2.04 bits per heavy atom. The Kier molecular flexibility index (Phi) is 9.14. The minimum Gasteiger partial charge on any atom is -0.478 e. The Morgan fingerprint density at radius 1 is 0.857 bits per heavy atom. The van der Waals surface area contributed by atoms with E-state index in [4.69, 9.17) is 32.9 Å². The van der Waals surface area contributed by atoms with Gasteiger partial charge in [-0.15, -0.1) is 0 Å². The smallest absolute Gasteiger partial charge is 0.417 e. The highest BCUT2D eigenvalue weighted by Gasteiger charge is 2.35. The zero-order valence-electron chi connectivity index (χ0n) is 25.0. The Labute approximate surface area is 286 Å². The SMILES string of the molecule is O=C(O)c1cc(-n2cc(-c3ccc(Cl)cc3Cl)nc2Cc2ccc(-c3ccc(Oc4ccc([N+](=O)[O-])cc4)cc3)cc2)ccc1C(F)(F)F. The third-order valence-corrected chi connectivity index (χ3v) is 8.14. The summed E-state index contributed by atoms with van der Waals surface area (Å²) in [5, 5.41) is 21.2. The molecule has 0 saturated heterocycles. The molecule has 0 amide bonds. The van der Waals surface area contributed by atoms with Crippen molar-refractivity contribution in [2.75, 3.05) is 0 Å². The molecule has 0 atom stereocenters. The zero-order chi connectivity index (χ0) is 34.9. The van der Waals surface area contributed by atoms with Crippen LogP contribution in [0.25, 0.3) is 28.1 Å². The van der Waals surface area contributed by atoms with E-state index in [2.05, 4.69) is 0 Å². The number of ether oxygens (including phenoxy) is 1. The van der Waals surface area contributed by atoms with Crippen molar-refractivity contribution in [1.82, 2.24) is 9.55 Å². The first-order chi connectivity index (χ1) is 23.4. The van der Waals surface area contributed by atoms with Gasteiger partial charge in [-0.25, -0.2) is 9.78 Å². The van der Waals surface area contributed by atoms with E-state index in [-0.39, 0.29) is 17.8 Å². The molecule has 5 aromatic carbocycles. The molecule has 6 rings (SSSR count). The number of nitro groups is 1. The summed E-state index contributed by atoms with van der Waals surface area (Å²) in [6.07, 6.45) is -3.02. The Bertz CT molecular complexity index is 2190. The molecular weight excluding hydrogens is 682 g/mol. The highest BCUT2D eigenvalue weighted by molar-refractivity contribution is 6.36. The third kappa shape index (κ3) is 7.43. The van der Waals surface area contributed by atoms with Gasteiger partial charge in [0.2, 0.25) is 0 Å². The number of imidazole rings is 1. The molecule has 0 fully saturated rings. The number of hydrogen-bond acceptors (Lipinski definition) is 5. The van der Waals surface area contributed by atoms with Crippen molar-refractivity contribution in [3.8, 4) is 39.6 Å². The number of carbonyl (C=O) groups is 1. The monoisotopic (exact) mass is 703 g/mol. The molecule has 1 aromatic heterocycles. The normalized spacial score (nSPS) is 11.4. The first-order valence-corrected chi connectivity index (χ1v) is 15.2. The minimum atomic E-state index is -4.85. The predicted octanol–water partition coefficient (Wildman–Crippen LogP) is 10.5. The fourth-order valence-corrected chi connectivity index (χ4v) is 5.69. The largest absolute Gasteiger partial charge is 0.478 e. The molecule has 6 aromatic rings. The molecule has 0 spiro atoms. The number of hydrogen-bond donors (Lipinski definition) is 1. The predicted molar refractivity (Wildman–Crippen MR) is 179 cm³/mol. The van der Waals surface area contributed by atoms with Crippen LogP contribution >= 0.6 is 23.2 Å². The van der Waals surface area contributed by atoms with E-state index in [1.165, 1.54) is 30.3 Å². The van der Waals surface area contributed by atoms with Crippen LogP contribution in [0.2, 0.25) is 10.0 Å². The van der Waals surface area contributed by atoms with Crippen molar-refractivity contribution < 1.29 is 32.7 Å². The van der Waals surface area contributed by atoms with Gasteiger partial charge in [-0.2, -0.15) is 13.2 Å². The summed E-state index contributed by atoms with van der Waals surface area (Å²) >= 11 is 12.5. The maximum atomic E-state index is 13.6. The summed E-state index contributed by atoms with van der Waals surface area (Å²) < 4.78 is 48.1. The van der Waals surface area contributed by atoms with Crippen LogP contribution in [-0.2, 0) is 12.6 Å². The first-order valence-electron chi connectivity index (χ1n) is 14.5. The van der Waals surface area contributed by atoms with Gasteiger partial charge in [0, 0.05) is 41.0 Å². The van der Waals surface area contributed by atoms with Crippen molar-refractivity contribution in [2.24, 2.45) is 0 Å². The van der Waals surface area contributed by atoms with E-state index >= 15 is 0 Å². The molecular formula is C36H22Cl2F3N3O5. The summed E-state index contributed by atoms with van der Waals surface area (Å²) in [5.74, 6) is -0.277. The number of rotatable bonds is 9. The van der Waals surface area contributed by atoms with Crippen LogP contribution in [0.3, 0.4) is 0 Å². The summed E-state index contributed by atoms with van der Waals surface area (Å²) in [6.45, 7) is 0. The van der Waals surface area contributed by atoms with E-state index in [1.54, 1.807) is 41.1 Å². The molecule has 49 heavy (non-hydrogen) atoms. The second kappa shape index (κ2) is 13.5. The molecule has 0 unspecified atom stereocenters. The first kappa shape index (κ1) is 33.3. The van der Waals surface area contributed by atoms with Crippen LogP contribution in [0.4, 0.5) is 18.9 Å². The van der Waals surface area contributed by atoms with E-state index in [0.717, 1.165) is 28.8 Å². The Hall–Kier alpha value is -5.65. The molecule has 0 radical (unpaired) electrons. The topological polar surface area (TPSA) is 107 Å². The van der Waals surface area contributed by atoms with Gasteiger partial charge in [0.25, 0.3) is 5.69 Å². The fraction of sp³-hybridized carbons (Fsp3) is 0.0556. The van der Waals surface area contributed by atoms with E-state index < -0.39 is 28.2 Å². The van der Waals surface area contributed by atoms with Gasteiger partial charge in [0.05, 0.1) is 26.8 Å². The number of carboxylic acid groups (broad SMARTS) is 1. The average molecular weight is 704 g/mol. The maximum Gasteiger partial charge on any atom is 0.417 e. The van der Waals surface area contributed by atoms with Crippen molar-refractivity contribution in [3.63, 3.8) is 0 Å². The molecule has 8 nitrogen and oxygen atoms in total. The number of aromatic nitrogens is 2. The quantitative estimate of drug-likeness (QED) is 0.119. The van der Waals surface area contributed by atoms with Crippen LogP contribution in [0.1, 0.15) is 27.3 Å². The summed E-state index contributed by atoms with van der Waals surface area (Å²) in [4.78, 5) is 27.0. The van der Waals surface area contributed by atoms with Crippen molar-refractivity contribution in [3.05, 3.63) is 158 Å². The molecule has 0 aliphatic rings. The van der Waals surface area contributed by atoms with E-state index in [0.29, 0.717) is 38.6 Å². The number of nitrogens with zero attached hydrogens (tertiary/aromatic N) is 3. The van der Waals surface area contributed by atoms with Crippen LogP contribution in [0, 0.1) is 10.1 Å². The molecule has 0 aliphatic heterocycles. The summed E-state index contributed by atoms with van der Waals surface area (Å²) in [6, 6.07) is 28.4.